The summed E-state index contributed by atoms with van der Waals surface area (Å²) in [7, 11) is 0. The molecule has 1 aromatic heterocycles. The summed E-state index contributed by atoms with van der Waals surface area (Å²) in [5, 5.41) is 4.17. The third-order valence-corrected chi connectivity index (χ3v) is 2.89. The highest BCUT2D eigenvalue weighted by Gasteiger charge is 2.26. The van der Waals surface area contributed by atoms with Crippen molar-refractivity contribution in [3.63, 3.8) is 0 Å². The largest absolute Gasteiger partial charge is 0.346 e. The summed E-state index contributed by atoms with van der Waals surface area (Å²) >= 11 is 3.34. The number of Topliss-reactive ketones (excluding diaryl/α,β-unsaturated/α-hetero) is 1. The Labute approximate surface area is 116 Å². The van der Waals surface area contributed by atoms with Gasteiger partial charge in [-0.3, -0.25) is 9.48 Å². The van der Waals surface area contributed by atoms with Crippen LogP contribution in [0.5, 0.6) is 0 Å². The van der Waals surface area contributed by atoms with E-state index in [-0.39, 0.29) is 5.78 Å². The molecule has 0 aliphatic rings. The molecule has 1 aromatic rings. The molecule has 1 rings (SSSR count). The molecule has 18 heavy (non-hydrogen) atoms. The number of hydrogen-bond acceptors (Lipinski definition) is 4. The van der Waals surface area contributed by atoms with Gasteiger partial charge in [0.25, 0.3) is 0 Å². The molecule has 0 radical (unpaired) electrons. The molecule has 6 heteroatoms. The SMILES string of the molecule is CCCn1ncc(Br)c1C(=O)C(OCC)OCC. The molecule has 0 atom stereocenters. The van der Waals surface area contributed by atoms with Gasteiger partial charge >= 0.3 is 0 Å². The zero-order valence-corrected chi connectivity index (χ0v) is 12.6. The zero-order valence-electron chi connectivity index (χ0n) is 11.0. The van der Waals surface area contributed by atoms with Crippen molar-refractivity contribution in [2.75, 3.05) is 13.2 Å². The second kappa shape index (κ2) is 7.66. The molecule has 0 aliphatic heterocycles. The van der Waals surface area contributed by atoms with E-state index in [1.54, 1.807) is 10.9 Å². The lowest BCUT2D eigenvalue weighted by Crippen LogP contribution is -2.30. The van der Waals surface area contributed by atoms with Crippen molar-refractivity contribution in [3.05, 3.63) is 16.4 Å². The number of hydrogen-bond donors (Lipinski definition) is 0. The summed E-state index contributed by atoms with van der Waals surface area (Å²) in [4.78, 5) is 12.4. The minimum atomic E-state index is -0.858. The van der Waals surface area contributed by atoms with Gasteiger partial charge in [0.1, 0.15) is 5.69 Å². The average molecular weight is 319 g/mol. The van der Waals surface area contributed by atoms with Crippen LogP contribution >= 0.6 is 15.9 Å². The summed E-state index contributed by atoms with van der Waals surface area (Å²) in [5.41, 5.74) is 0.503. The van der Waals surface area contributed by atoms with Gasteiger partial charge in [-0.15, -0.1) is 0 Å². The van der Waals surface area contributed by atoms with E-state index < -0.39 is 6.29 Å². The smallest absolute Gasteiger partial charge is 0.237 e. The number of halogens is 1. The molecule has 0 amide bonds. The predicted octanol–water partition coefficient (Wildman–Crippen LogP) is 2.64. The van der Waals surface area contributed by atoms with Crippen LogP contribution in [0, 0.1) is 0 Å². The summed E-state index contributed by atoms with van der Waals surface area (Å²) < 4.78 is 13.0. The maximum atomic E-state index is 12.4. The van der Waals surface area contributed by atoms with E-state index >= 15 is 0 Å². The van der Waals surface area contributed by atoms with Crippen LogP contribution in [0.15, 0.2) is 10.7 Å². The maximum Gasteiger partial charge on any atom is 0.237 e. The molecule has 0 N–H and O–H groups in total. The van der Waals surface area contributed by atoms with Crippen molar-refractivity contribution in [1.29, 1.82) is 0 Å². The first-order valence-electron chi connectivity index (χ1n) is 6.14. The second-order valence-electron chi connectivity index (χ2n) is 3.67. The quantitative estimate of drug-likeness (QED) is 0.546. The van der Waals surface area contributed by atoms with Crippen molar-refractivity contribution in [2.24, 2.45) is 0 Å². The van der Waals surface area contributed by atoms with Crippen molar-refractivity contribution >= 4 is 21.7 Å². The van der Waals surface area contributed by atoms with Crippen LogP contribution in [-0.2, 0) is 16.0 Å². The zero-order chi connectivity index (χ0) is 13.5. The topological polar surface area (TPSA) is 53.4 Å². The fourth-order valence-corrected chi connectivity index (χ4v) is 2.09. The van der Waals surface area contributed by atoms with Gasteiger partial charge in [0.2, 0.25) is 12.1 Å². The third kappa shape index (κ3) is 3.63. The Hall–Kier alpha value is -0.720. The highest BCUT2D eigenvalue weighted by molar-refractivity contribution is 9.10. The van der Waals surface area contributed by atoms with Gasteiger partial charge in [-0.05, 0) is 36.2 Å². The summed E-state index contributed by atoms with van der Waals surface area (Å²) in [6.45, 7) is 7.24. The van der Waals surface area contributed by atoms with Gasteiger partial charge in [-0.2, -0.15) is 5.10 Å². The van der Waals surface area contributed by atoms with Crippen LogP contribution in [-0.4, -0.2) is 35.1 Å². The molecular weight excluding hydrogens is 300 g/mol. The standard InChI is InChI=1S/C12H19BrN2O3/c1-4-7-15-10(9(13)8-14-15)11(16)12(17-5-2)18-6-3/h8,12H,4-7H2,1-3H3. The fraction of sp³-hybridized carbons (Fsp3) is 0.667. The maximum absolute atomic E-state index is 12.4. The average Bonchev–Trinajstić information content (AvgIpc) is 2.70. The number of nitrogens with zero attached hydrogens (tertiary/aromatic N) is 2. The number of rotatable bonds is 8. The van der Waals surface area contributed by atoms with Gasteiger partial charge in [-0.1, -0.05) is 6.92 Å². The van der Waals surface area contributed by atoms with E-state index in [0.717, 1.165) is 6.42 Å². The van der Waals surface area contributed by atoms with E-state index in [1.807, 2.05) is 20.8 Å². The van der Waals surface area contributed by atoms with E-state index in [1.165, 1.54) is 0 Å². The highest BCUT2D eigenvalue weighted by Crippen LogP contribution is 2.19. The van der Waals surface area contributed by atoms with Crippen LogP contribution in [0.25, 0.3) is 0 Å². The van der Waals surface area contributed by atoms with Crippen LogP contribution in [0.2, 0.25) is 0 Å². The Bertz CT molecular complexity index is 387. The summed E-state index contributed by atoms with van der Waals surface area (Å²) in [5.74, 6) is -0.198. The normalized spacial score (nSPS) is 11.2. The Balaban J connectivity index is 2.95. The lowest BCUT2D eigenvalue weighted by molar-refractivity contribution is -0.107. The van der Waals surface area contributed by atoms with Crippen LogP contribution in [0.4, 0.5) is 0 Å². The van der Waals surface area contributed by atoms with Crippen LogP contribution in [0.3, 0.4) is 0 Å². The minimum absolute atomic E-state index is 0.198. The second-order valence-corrected chi connectivity index (χ2v) is 4.53. The first-order chi connectivity index (χ1) is 8.65. The lowest BCUT2D eigenvalue weighted by Gasteiger charge is -2.16. The Kier molecular flexibility index (Phi) is 6.52. The molecule has 0 saturated heterocycles. The molecule has 0 saturated carbocycles. The first-order valence-corrected chi connectivity index (χ1v) is 6.93. The Morgan fingerprint density at radius 1 is 1.39 bits per heavy atom. The molecule has 0 fully saturated rings. The van der Waals surface area contributed by atoms with Crippen molar-refractivity contribution in [1.82, 2.24) is 9.78 Å². The predicted molar refractivity (Wildman–Crippen MR) is 71.6 cm³/mol. The number of carbonyl (C=O) groups excluding carboxylic acids is 1. The van der Waals surface area contributed by atoms with Gasteiger partial charge in [0.05, 0.1) is 10.7 Å². The molecule has 1 heterocycles. The fourth-order valence-electron chi connectivity index (χ4n) is 1.60. The summed E-state index contributed by atoms with van der Waals surface area (Å²) in [6, 6.07) is 0. The Morgan fingerprint density at radius 3 is 2.50 bits per heavy atom. The molecule has 0 aliphatic carbocycles. The van der Waals surface area contributed by atoms with E-state index in [9.17, 15) is 4.79 Å². The van der Waals surface area contributed by atoms with Crippen molar-refractivity contribution in [3.8, 4) is 0 Å². The van der Waals surface area contributed by atoms with Gasteiger partial charge in [0, 0.05) is 19.8 Å². The van der Waals surface area contributed by atoms with Gasteiger partial charge < -0.3 is 9.47 Å². The van der Waals surface area contributed by atoms with Gasteiger partial charge in [0.15, 0.2) is 0 Å². The lowest BCUT2D eigenvalue weighted by atomic mass is 10.2. The number of ether oxygens (including phenoxy) is 2. The molecule has 0 bridgehead atoms. The van der Waals surface area contributed by atoms with Crippen LogP contribution in [0.1, 0.15) is 37.7 Å². The van der Waals surface area contributed by atoms with Crippen molar-refractivity contribution in [2.45, 2.75) is 40.0 Å². The number of aromatic nitrogens is 2. The number of aryl methyl sites for hydroxylation is 1. The Morgan fingerprint density at radius 2 is 2.00 bits per heavy atom. The van der Waals surface area contributed by atoms with E-state index in [2.05, 4.69) is 21.0 Å². The van der Waals surface area contributed by atoms with E-state index in [0.29, 0.717) is 29.9 Å². The van der Waals surface area contributed by atoms with Crippen LogP contribution < -0.4 is 0 Å². The molecule has 0 spiro atoms. The summed E-state index contributed by atoms with van der Waals surface area (Å²) in [6.07, 6.45) is 1.67. The molecule has 102 valence electrons. The highest BCUT2D eigenvalue weighted by atomic mass is 79.9. The molecular formula is C12H19BrN2O3. The molecule has 5 nitrogen and oxygen atoms in total. The third-order valence-electron chi connectivity index (χ3n) is 2.31. The minimum Gasteiger partial charge on any atom is -0.346 e. The first kappa shape index (κ1) is 15.3. The van der Waals surface area contributed by atoms with E-state index in [4.69, 9.17) is 9.47 Å². The number of ketones is 1. The number of carbonyl (C=O) groups is 1. The van der Waals surface area contributed by atoms with Crippen molar-refractivity contribution < 1.29 is 14.3 Å². The monoisotopic (exact) mass is 318 g/mol. The molecule has 0 unspecified atom stereocenters. The van der Waals surface area contributed by atoms with Gasteiger partial charge in [-0.25, -0.2) is 0 Å². The molecule has 0 aromatic carbocycles.